The number of ether oxygens (including phenoxy) is 1. The molecule has 2 aromatic rings. The Morgan fingerprint density at radius 1 is 0.914 bits per heavy atom. The number of benzene rings is 2. The first-order valence-corrected chi connectivity index (χ1v) is 13.2. The van der Waals surface area contributed by atoms with Crippen LogP contribution in [0, 0.1) is 5.92 Å². The van der Waals surface area contributed by atoms with Gasteiger partial charge in [-0.2, -0.15) is 4.31 Å². The van der Waals surface area contributed by atoms with E-state index in [1.807, 2.05) is 6.07 Å². The van der Waals surface area contributed by atoms with E-state index in [4.69, 9.17) is 4.74 Å². The summed E-state index contributed by atoms with van der Waals surface area (Å²) in [6, 6.07) is 13.7. The molecule has 0 atom stereocenters. The Balaban J connectivity index is 1.23. The van der Waals surface area contributed by atoms with Crippen LogP contribution in [0.25, 0.3) is 0 Å². The minimum atomic E-state index is -3.63. The Morgan fingerprint density at radius 2 is 1.60 bits per heavy atom. The molecule has 1 fully saturated rings. The number of amides is 2. The molecule has 10 heteroatoms. The number of nitrogens with one attached hydrogen (secondary N) is 2. The van der Waals surface area contributed by atoms with Gasteiger partial charge in [-0.05, 0) is 73.9 Å². The number of rotatable bonds is 6. The summed E-state index contributed by atoms with van der Waals surface area (Å²) in [7, 11) is -3.63. The smallest absolute Gasteiger partial charge is 0.309 e. The molecule has 0 radical (unpaired) electrons. The average Bonchev–Trinajstić information content (AvgIpc) is 2.90. The molecular weight excluding hydrogens is 470 g/mol. The third-order valence-corrected chi connectivity index (χ3v) is 8.34. The number of piperidine rings is 1. The first kappa shape index (κ1) is 24.9. The number of carbonyl (C=O) groups is 3. The number of aryl methyl sites for hydroxylation is 2. The van der Waals surface area contributed by atoms with Gasteiger partial charge >= 0.3 is 5.97 Å². The van der Waals surface area contributed by atoms with Gasteiger partial charge in [0.15, 0.2) is 6.61 Å². The summed E-state index contributed by atoms with van der Waals surface area (Å²) in [6.45, 7) is -0.126. The fraction of sp³-hybridized carbons (Fsp3) is 0.400. The van der Waals surface area contributed by atoms with Crippen LogP contribution in [-0.4, -0.2) is 50.2 Å². The molecule has 4 rings (SSSR count). The first-order chi connectivity index (χ1) is 16.8. The summed E-state index contributed by atoms with van der Waals surface area (Å²) in [5.74, 6) is -2.20. The molecule has 0 saturated carbocycles. The monoisotopic (exact) mass is 499 g/mol. The van der Waals surface area contributed by atoms with E-state index in [2.05, 4.69) is 10.9 Å². The molecule has 9 nitrogen and oxygen atoms in total. The largest absolute Gasteiger partial charge is 0.455 e. The Bertz CT molecular complexity index is 1190. The van der Waals surface area contributed by atoms with E-state index in [1.165, 1.54) is 9.87 Å². The van der Waals surface area contributed by atoms with Crippen molar-refractivity contribution >= 4 is 27.8 Å². The Hall–Kier alpha value is -3.24. The van der Waals surface area contributed by atoms with Crippen LogP contribution in [-0.2, 0) is 37.2 Å². The van der Waals surface area contributed by atoms with Gasteiger partial charge in [-0.25, -0.2) is 8.42 Å². The SMILES string of the molecule is O=C(COC(=O)C1CCN(S(=O)(=O)c2ccc3c(c2)CCCC3)CC1)NNC(=O)c1ccccc1. The predicted molar refractivity (Wildman–Crippen MR) is 128 cm³/mol. The van der Waals surface area contributed by atoms with Gasteiger partial charge < -0.3 is 4.74 Å². The molecule has 2 aromatic carbocycles. The number of fused-ring (bicyclic) bond motifs is 1. The second-order valence-electron chi connectivity index (χ2n) is 8.79. The zero-order valence-corrected chi connectivity index (χ0v) is 20.2. The van der Waals surface area contributed by atoms with E-state index in [1.54, 1.807) is 42.5 Å². The van der Waals surface area contributed by atoms with Crippen molar-refractivity contribution in [3.05, 3.63) is 65.2 Å². The van der Waals surface area contributed by atoms with Gasteiger partial charge in [-0.1, -0.05) is 24.3 Å². The van der Waals surface area contributed by atoms with E-state index >= 15 is 0 Å². The maximum absolute atomic E-state index is 13.1. The van der Waals surface area contributed by atoms with E-state index in [0.717, 1.165) is 31.2 Å². The highest BCUT2D eigenvalue weighted by atomic mass is 32.2. The molecule has 1 aliphatic carbocycles. The number of nitrogens with zero attached hydrogens (tertiary/aromatic N) is 1. The van der Waals surface area contributed by atoms with Crippen LogP contribution < -0.4 is 10.9 Å². The normalized spacial score (nSPS) is 16.7. The number of sulfonamides is 1. The Morgan fingerprint density at radius 3 is 2.31 bits per heavy atom. The van der Waals surface area contributed by atoms with Crippen molar-refractivity contribution in [2.45, 2.75) is 43.4 Å². The third kappa shape index (κ3) is 6.07. The summed E-state index contributed by atoms with van der Waals surface area (Å²) in [5, 5.41) is 0. The lowest BCUT2D eigenvalue weighted by atomic mass is 9.92. The lowest BCUT2D eigenvalue weighted by molar-refractivity contribution is -0.153. The van der Waals surface area contributed by atoms with Crippen molar-refractivity contribution in [3.63, 3.8) is 0 Å². The minimum absolute atomic E-state index is 0.207. The first-order valence-electron chi connectivity index (χ1n) is 11.8. The van der Waals surface area contributed by atoms with E-state index in [-0.39, 0.29) is 13.1 Å². The van der Waals surface area contributed by atoms with Gasteiger partial charge in [0.1, 0.15) is 0 Å². The van der Waals surface area contributed by atoms with Crippen LogP contribution in [0.5, 0.6) is 0 Å². The van der Waals surface area contributed by atoms with Crippen molar-refractivity contribution in [3.8, 4) is 0 Å². The highest BCUT2D eigenvalue weighted by Gasteiger charge is 2.33. The molecule has 0 aromatic heterocycles. The molecule has 2 N–H and O–H groups in total. The molecule has 2 aliphatic rings. The van der Waals surface area contributed by atoms with E-state index < -0.39 is 40.3 Å². The van der Waals surface area contributed by atoms with Gasteiger partial charge in [-0.3, -0.25) is 25.2 Å². The highest BCUT2D eigenvalue weighted by molar-refractivity contribution is 7.89. The molecule has 1 heterocycles. The fourth-order valence-corrected chi connectivity index (χ4v) is 5.95. The molecule has 0 bridgehead atoms. The van der Waals surface area contributed by atoms with Gasteiger partial charge in [0, 0.05) is 18.7 Å². The Kier molecular flexibility index (Phi) is 7.82. The van der Waals surface area contributed by atoms with Gasteiger partial charge in [0.25, 0.3) is 11.8 Å². The van der Waals surface area contributed by atoms with E-state index in [9.17, 15) is 22.8 Å². The molecule has 0 unspecified atom stereocenters. The molecular formula is C25H29N3O6S. The number of hydrogen-bond donors (Lipinski definition) is 2. The standard InChI is InChI=1S/C25H29N3O6S/c29-23(26-27-24(30)19-7-2-1-3-8-19)17-34-25(31)20-12-14-28(15-13-20)35(32,33)22-11-10-18-6-4-5-9-21(18)16-22/h1-3,7-8,10-11,16,20H,4-6,9,12-15,17H2,(H,26,29)(H,27,30). The van der Waals surface area contributed by atoms with Crippen molar-refractivity contribution in [1.82, 2.24) is 15.2 Å². The molecule has 186 valence electrons. The topological polar surface area (TPSA) is 122 Å². The maximum Gasteiger partial charge on any atom is 0.309 e. The van der Waals surface area contributed by atoms with Gasteiger partial charge in [0.05, 0.1) is 10.8 Å². The van der Waals surface area contributed by atoms with Crippen LogP contribution in [0.3, 0.4) is 0 Å². The van der Waals surface area contributed by atoms with Crippen molar-refractivity contribution in [1.29, 1.82) is 0 Å². The Labute approximate surface area is 204 Å². The fourth-order valence-electron chi connectivity index (χ4n) is 4.43. The van der Waals surface area contributed by atoms with E-state index in [0.29, 0.717) is 23.3 Å². The zero-order valence-electron chi connectivity index (χ0n) is 19.4. The number of hydrogen-bond acceptors (Lipinski definition) is 6. The predicted octanol–water partition coefficient (Wildman–Crippen LogP) is 1.97. The highest BCUT2D eigenvalue weighted by Crippen LogP contribution is 2.28. The quantitative estimate of drug-likeness (QED) is 0.463. The minimum Gasteiger partial charge on any atom is -0.455 e. The van der Waals surface area contributed by atoms with Crippen LogP contribution in [0.4, 0.5) is 0 Å². The summed E-state index contributed by atoms with van der Waals surface area (Å²) in [4.78, 5) is 36.5. The lowest BCUT2D eigenvalue weighted by Crippen LogP contribution is -2.44. The third-order valence-electron chi connectivity index (χ3n) is 6.44. The number of hydrazine groups is 1. The molecule has 35 heavy (non-hydrogen) atoms. The molecule has 1 aliphatic heterocycles. The maximum atomic E-state index is 13.1. The van der Waals surface area contributed by atoms with Crippen LogP contribution >= 0.6 is 0 Å². The summed E-state index contributed by atoms with van der Waals surface area (Å²) in [6.07, 6.45) is 4.72. The van der Waals surface area contributed by atoms with Crippen molar-refractivity contribution < 1.29 is 27.5 Å². The lowest BCUT2D eigenvalue weighted by Gasteiger charge is -2.30. The summed E-state index contributed by atoms with van der Waals surface area (Å²) in [5.41, 5.74) is 7.16. The van der Waals surface area contributed by atoms with Crippen molar-refractivity contribution in [2.75, 3.05) is 19.7 Å². The van der Waals surface area contributed by atoms with Crippen LogP contribution in [0.2, 0.25) is 0 Å². The molecule has 1 saturated heterocycles. The zero-order chi connectivity index (χ0) is 24.8. The second-order valence-corrected chi connectivity index (χ2v) is 10.7. The average molecular weight is 500 g/mol. The van der Waals surface area contributed by atoms with Crippen molar-refractivity contribution in [2.24, 2.45) is 5.92 Å². The molecule has 2 amide bonds. The second kappa shape index (κ2) is 11.0. The summed E-state index contributed by atoms with van der Waals surface area (Å²) < 4.78 is 32.7. The molecule has 0 spiro atoms. The van der Waals surface area contributed by atoms with Gasteiger partial charge in [-0.15, -0.1) is 0 Å². The van der Waals surface area contributed by atoms with Gasteiger partial charge in [0.2, 0.25) is 10.0 Å². The summed E-state index contributed by atoms with van der Waals surface area (Å²) >= 11 is 0. The van der Waals surface area contributed by atoms with Crippen LogP contribution in [0.15, 0.2) is 53.4 Å². The van der Waals surface area contributed by atoms with Crippen LogP contribution in [0.1, 0.15) is 47.2 Å². The number of carbonyl (C=O) groups excluding carboxylic acids is 3. The number of esters is 1.